The number of hydrogen-bond donors (Lipinski definition) is 3. The van der Waals surface area contributed by atoms with Gasteiger partial charge in [0.15, 0.2) is 0 Å². The van der Waals surface area contributed by atoms with Crippen molar-refractivity contribution in [3.63, 3.8) is 0 Å². The summed E-state index contributed by atoms with van der Waals surface area (Å²) in [5.41, 5.74) is 3.42. The summed E-state index contributed by atoms with van der Waals surface area (Å²) in [5, 5.41) is 17.4. The summed E-state index contributed by atoms with van der Waals surface area (Å²) >= 11 is 0. The first-order chi connectivity index (χ1) is 16.5. The van der Waals surface area contributed by atoms with Crippen LogP contribution in [0, 0.1) is 0 Å². The zero-order valence-corrected chi connectivity index (χ0v) is 19.6. The van der Waals surface area contributed by atoms with Crippen LogP contribution in [-0.4, -0.2) is 63.1 Å². The number of benzene rings is 3. The van der Waals surface area contributed by atoms with Gasteiger partial charge in [-0.2, -0.15) is 4.31 Å². The minimum atomic E-state index is -3.50. The molecule has 2 aliphatic heterocycles. The van der Waals surface area contributed by atoms with Gasteiger partial charge in [0.1, 0.15) is 0 Å². The van der Waals surface area contributed by atoms with Gasteiger partial charge >= 0.3 is 0 Å². The molecule has 2 aliphatic rings. The second-order valence-corrected chi connectivity index (χ2v) is 10.5. The molecule has 3 N–H and O–H groups in total. The van der Waals surface area contributed by atoms with Crippen molar-refractivity contribution in [2.75, 3.05) is 49.5 Å². The number of carbonyl (C=O) groups excluding carboxylic acids is 1. The maximum atomic E-state index is 13.0. The van der Waals surface area contributed by atoms with Gasteiger partial charge < -0.3 is 20.6 Å². The third-order valence-corrected chi connectivity index (χ3v) is 8.36. The Morgan fingerprint density at radius 2 is 1.76 bits per heavy atom. The Morgan fingerprint density at radius 3 is 2.50 bits per heavy atom. The Hall–Kier alpha value is -2.98. The predicted molar refractivity (Wildman–Crippen MR) is 133 cm³/mol. The number of aliphatic hydroxyl groups excluding tert-OH is 1. The van der Waals surface area contributed by atoms with Gasteiger partial charge in [-0.3, -0.25) is 4.79 Å². The van der Waals surface area contributed by atoms with Crippen molar-refractivity contribution in [2.24, 2.45) is 0 Å². The highest BCUT2D eigenvalue weighted by Crippen LogP contribution is 2.39. The maximum absolute atomic E-state index is 13.0. The van der Waals surface area contributed by atoms with Crippen molar-refractivity contribution in [3.05, 3.63) is 65.7 Å². The Kier molecular flexibility index (Phi) is 6.26. The zero-order valence-electron chi connectivity index (χ0n) is 18.8. The molecular formula is C25H28N4O4S. The number of carbonyl (C=O) groups is 1. The Morgan fingerprint density at radius 1 is 1.00 bits per heavy atom. The Balaban J connectivity index is 1.44. The van der Waals surface area contributed by atoms with Crippen LogP contribution in [0.1, 0.15) is 22.3 Å². The van der Waals surface area contributed by atoms with E-state index in [9.17, 15) is 18.3 Å². The maximum Gasteiger partial charge on any atom is 0.256 e. The number of hydrogen-bond acceptors (Lipinski definition) is 6. The van der Waals surface area contributed by atoms with Gasteiger partial charge in [0.2, 0.25) is 10.0 Å². The summed E-state index contributed by atoms with van der Waals surface area (Å²) in [6.07, 6.45) is 0.593. The molecule has 3 aromatic rings. The second-order valence-electron chi connectivity index (χ2n) is 8.61. The summed E-state index contributed by atoms with van der Waals surface area (Å²) in [4.78, 5) is 14.8. The van der Waals surface area contributed by atoms with E-state index in [2.05, 4.69) is 15.5 Å². The number of amides is 1. The molecule has 178 valence electrons. The second kappa shape index (κ2) is 9.34. The highest BCUT2D eigenvalue weighted by molar-refractivity contribution is 7.89. The van der Waals surface area contributed by atoms with Crippen LogP contribution in [0.5, 0.6) is 0 Å². The lowest BCUT2D eigenvalue weighted by Gasteiger charge is -2.27. The number of sulfonamides is 1. The van der Waals surface area contributed by atoms with Crippen molar-refractivity contribution in [1.82, 2.24) is 9.62 Å². The summed E-state index contributed by atoms with van der Waals surface area (Å²) in [5.74, 6) is -0.0963. The molecule has 9 heteroatoms. The van der Waals surface area contributed by atoms with Crippen LogP contribution in [0.15, 0.2) is 59.5 Å². The molecule has 0 bridgehead atoms. The van der Waals surface area contributed by atoms with E-state index in [4.69, 9.17) is 0 Å². The highest BCUT2D eigenvalue weighted by Gasteiger charge is 2.26. The van der Waals surface area contributed by atoms with Crippen molar-refractivity contribution < 1.29 is 18.3 Å². The first-order valence-electron chi connectivity index (χ1n) is 11.5. The topological polar surface area (TPSA) is 102 Å². The van der Waals surface area contributed by atoms with E-state index in [1.807, 2.05) is 42.5 Å². The predicted octanol–water partition coefficient (Wildman–Crippen LogP) is 2.39. The molecule has 0 unspecified atom stereocenters. The Labute approximate surface area is 199 Å². The van der Waals surface area contributed by atoms with Crippen LogP contribution in [0.2, 0.25) is 0 Å². The fraction of sp³-hybridized carbons (Fsp3) is 0.320. The number of rotatable bonds is 8. The van der Waals surface area contributed by atoms with Gasteiger partial charge in [0.25, 0.3) is 5.91 Å². The van der Waals surface area contributed by atoms with E-state index in [0.717, 1.165) is 27.7 Å². The number of piperazine rings is 1. The van der Waals surface area contributed by atoms with Gasteiger partial charge in [-0.05, 0) is 42.3 Å². The molecule has 1 amide bonds. The van der Waals surface area contributed by atoms with Crippen molar-refractivity contribution in [3.8, 4) is 0 Å². The molecule has 8 nitrogen and oxygen atoms in total. The first-order valence-corrected chi connectivity index (χ1v) is 13.0. The standard InChI is InChI=1S/C25H28N4O4S/c30-16-2-13-28(23-10-9-22-24-20(23)3-1-4-21(24)25(31)27-22)17-18-5-7-19(8-6-18)34(32,33)29-14-11-26-12-15-29/h1,3-10,26,30H,2,11-17H2,(H,27,31). The molecule has 0 aliphatic carbocycles. The van der Waals surface area contributed by atoms with Crippen LogP contribution >= 0.6 is 0 Å². The molecule has 0 aromatic heterocycles. The van der Waals surface area contributed by atoms with Crippen molar-refractivity contribution in [2.45, 2.75) is 17.9 Å². The minimum absolute atomic E-state index is 0.0691. The van der Waals surface area contributed by atoms with Gasteiger partial charge in [-0.25, -0.2) is 8.42 Å². The Bertz CT molecular complexity index is 1320. The van der Waals surface area contributed by atoms with Crippen molar-refractivity contribution in [1.29, 1.82) is 0 Å². The molecule has 3 aromatic carbocycles. The highest BCUT2D eigenvalue weighted by atomic mass is 32.2. The van der Waals surface area contributed by atoms with Crippen LogP contribution < -0.4 is 15.5 Å². The average molecular weight is 481 g/mol. The van der Waals surface area contributed by atoms with Crippen LogP contribution in [0.25, 0.3) is 10.8 Å². The zero-order chi connectivity index (χ0) is 23.7. The molecule has 0 radical (unpaired) electrons. The molecule has 34 heavy (non-hydrogen) atoms. The lowest BCUT2D eigenvalue weighted by molar-refractivity contribution is 0.103. The molecule has 1 saturated heterocycles. The summed E-state index contributed by atoms with van der Waals surface area (Å²) < 4.78 is 27.4. The van der Waals surface area contributed by atoms with E-state index in [-0.39, 0.29) is 12.5 Å². The number of aliphatic hydroxyl groups is 1. The lowest BCUT2D eigenvalue weighted by atomic mass is 10.0. The van der Waals surface area contributed by atoms with Gasteiger partial charge in [0, 0.05) is 73.6 Å². The third-order valence-electron chi connectivity index (χ3n) is 6.45. The van der Waals surface area contributed by atoms with Crippen molar-refractivity contribution >= 4 is 38.1 Å². The fourth-order valence-electron chi connectivity index (χ4n) is 4.72. The fourth-order valence-corrected chi connectivity index (χ4v) is 6.16. The van der Waals surface area contributed by atoms with Gasteiger partial charge in [0.05, 0.1) is 4.90 Å². The summed E-state index contributed by atoms with van der Waals surface area (Å²) in [6.45, 7) is 3.51. The lowest BCUT2D eigenvalue weighted by Crippen LogP contribution is -2.46. The monoisotopic (exact) mass is 480 g/mol. The smallest absolute Gasteiger partial charge is 0.256 e. The average Bonchev–Trinajstić information content (AvgIpc) is 3.20. The third kappa shape index (κ3) is 4.16. The molecule has 5 rings (SSSR count). The molecule has 0 saturated carbocycles. The number of anilines is 2. The largest absolute Gasteiger partial charge is 0.396 e. The first kappa shape index (κ1) is 22.8. The van der Waals surface area contributed by atoms with E-state index in [1.54, 1.807) is 12.1 Å². The normalized spacial score (nSPS) is 16.1. The van der Waals surface area contributed by atoms with E-state index < -0.39 is 10.0 Å². The quantitative estimate of drug-likeness (QED) is 0.458. The minimum Gasteiger partial charge on any atom is -0.396 e. The van der Waals surface area contributed by atoms with E-state index >= 15 is 0 Å². The summed E-state index contributed by atoms with van der Waals surface area (Å²) in [6, 6.07) is 16.7. The molecule has 0 spiro atoms. The molecule has 2 heterocycles. The number of nitrogens with zero attached hydrogens (tertiary/aromatic N) is 2. The molecular weight excluding hydrogens is 452 g/mol. The summed E-state index contributed by atoms with van der Waals surface area (Å²) in [7, 11) is -3.50. The van der Waals surface area contributed by atoms with Gasteiger partial charge in [-0.1, -0.05) is 24.3 Å². The molecule has 1 fully saturated rings. The van der Waals surface area contributed by atoms with Crippen LogP contribution in [0.3, 0.4) is 0 Å². The van der Waals surface area contributed by atoms with Crippen LogP contribution in [0.4, 0.5) is 11.4 Å². The van der Waals surface area contributed by atoms with Gasteiger partial charge in [-0.15, -0.1) is 0 Å². The van der Waals surface area contributed by atoms with Crippen LogP contribution in [-0.2, 0) is 16.6 Å². The SMILES string of the molecule is O=C1Nc2ccc(N(CCCO)Cc3ccc(S(=O)(=O)N4CCNCC4)cc3)c3cccc1c23. The van der Waals surface area contributed by atoms with E-state index in [1.165, 1.54) is 4.31 Å². The number of nitrogens with one attached hydrogen (secondary N) is 2. The van der Waals surface area contributed by atoms with E-state index in [0.29, 0.717) is 56.1 Å². The molecule has 0 atom stereocenters.